The van der Waals surface area contributed by atoms with E-state index in [4.69, 9.17) is 0 Å². The Bertz CT molecular complexity index is 884. The molecule has 0 bridgehead atoms. The number of hydrogen-bond acceptors (Lipinski definition) is 5. The fourth-order valence-electron chi connectivity index (χ4n) is 2.04. The highest BCUT2D eigenvalue weighted by atomic mass is 32.2. The normalized spacial score (nSPS) is 12.4. The van der Waals surface area contributed by atoms with Crippen molar-refractivity contribution in [2.24, 2.45) is 5.10 Å². The summed E-state index contributed by atoms with van der Waals surface area (Å²) in [5.74, 6) is -0.495. The van der Waals surface area contributed by atoms with Crippen molar-refractivity contribution < 1.29 is 13.2 Å². The average Bonchev–Trinajstić information content (AvgIpc) is 2.99. The van der Waals surface area contributed by atoms with Crippen molar-refractivity contribution in [1.29, 1.82) is 0 Å². The van der Waals surface area contributed by atoms with Gasteiger partial charge in [-0.05, 0) is 45.0 Å². The first-order valence-corrected chi connectivity index (χ1v) is 9.89. The molecule has 8 heteroatoms. The topological polar surface area (TPSA) is 78.8 Å². The van der Waals surface area contributed by atoms with Crippen molar-refractivity contribution in [3.63, 3.8) is 0 Å². The first-order valence-electron chi connectivity index (χ1n) is 7.63. The van der Waals surface area contributed by atoms with Crippen LogP contribution in [0.5, 0.6) is 0 Å². The molecule has 1 amide bonds. The Kier molecular flexibility index (Phi) is 6.10. The first kappa shape index (κ1) is 19.3. The SMILES string of the molecule is C/C(=N/NC(=O)CN(C)S(=O)(=O)c1ccc(C)cc1)c1ccc(C)s1. The second-order valence-corrected chi connectivity index (χ2v) is 9.05. The van der Waals surface area contributed by atoms with Crippen LogP contribution in [-0.4, -0.2) is 37.9 Å². The van der Waals surface area contributed by atoms with Gasteiger partial charge in [0.15, 0.2) is 0 Å². The molecule has 1 N–H and O–H groups in total. The minimum Gasteiger partial charge on any atom is -0.272 e. The monoisotopic (exact) mass is 379 g/mol. The standard InChI is InChI=1S/C17H21N3O3S2/c1-12-5-8-15(9-6-12)25(22,23)20(4)11-17(21)19-18-14(3)16-10-7-13(2)24-16/h5-10H,11H2,1-4H3,(H,19,21)/b18-14-. The van der Waals surface area contributed by atoms with Crippen LogP contribution in [0.2, 0.25) is 0 Å². The van der Waals surface area contributed by atoms with Gasteiger partial charge in [-0.3, -0.25) is 4.79 Å². The van der Waals surface area contributed by atoms with E-state index in [2.05, 4.69) is 10.5 Å². The molecule has 0 saturated heterocycles. The molecule has 1 aromatic carbocycles. The van der Waals surface area contributed by atoms with E-state index in [1.165, 1.54) is 19.2 Å². The van der Waals surface area contributed by atoms with Crippen LogP contribution in [0.3, 0.4) is 0 Å². The van der Waals surface area contributed by atoms with Crippen LogP contribution in [0.4, 0.5) is 0 Å². The molecule has 0 atom stereocenters. The number of amides is 1. The molecule has 0 aliphatic carbocycles. The van der Waals surface area contributed by atoms with Gasteiger partial charge in [0.25, 0.3) is 5.91 Å². The Morgan fingerprint density at radius 3 is 2.36 bits per heavy atom. The number of sulfonamides is 1. The maximum Gasteiger partial charge on any atom is 0.255 e. The van der Waals surface area contributed by atoms with Gasteiger partial charge in [-0.25, -0.2) is 13.8 Å². The number of hydrogen-bond donors (Lipinski definition) is 1. The lowest BCUT2D eigenvalue weighted by molar-refractivity contribution is -0.121. The van der Waals surface area contributed by atoms with Crippen molar-refractivity contribution in [3.8, 4) is 0 Å². The first-order chi connectivity index (χ1) is 11.7. The third-order valence-corrected chi connectivity index (χ3v) is 6.47. The molecule has 0 fully saturated rings. The van der Waals surface area contributed by atoms with Gasteiger partial charge in [0, 0.05) is 11.9 Å². The van der Waals surface area contributed by atoms with Crippen LogP contribution in [0, 0.1) is 13.8 Å². The predicted octanol–water partition coefficient (Wildman–Crippen LogP) is 2.53. The van der Waals surface area contributed by atoms with Gasteiger partial charge in [-0.15, -0.1) is 11.3 Å². The maximum absolute atomic E-state index is 12.5. The molecule has 1 heterocycles. The van der Waals surface area contributed by atoms with Crippen molar-refractivity contribution in [2.75, 3.05) is 13.6 Å². The van der Waals surface area contributed by atoms with Crippen LogP contribution in [-0.2, 0) is 14.8 Å². The highest BCUT2D eigenvalue weighted by Crippen LogP contribution is 2.16. The van der Waals surface area contributed by atoms with Crippen LogP contribution in [0.25, 0.3) is 0 Å². The Morgan fingerprint density at radius 2 is 1.80 bits per heavy atom. The fourth-order valence-corrected chi connectivity index (χ4v) is 3.98. The molecule has 0 unspecified atom stereocenters. The summed E-state index contributed by atoms with van der Waals surface area (Å²) in [6, 6.07) is 10.4. The smallest absolute Gasteiger partial charge is 0.255 e. The third kappa shape index (κ3) is 4.97. The third-order valence-electron chi connectivity index (χ3n) is 3.54. The molecule has 1 aromatic heterocycles. The van der Waals surface area contributed by atoms with Crippen molar-refractivity contribution in [1.82, 2.24) is 9.73 Å². The van der Waals surface area contributed by atoms with Gasteiger partial charge in [0.1, 0.15) is 0 Å². The number of hydrazone groups is 1. The Balaban J connectivity index is 2.00. The Hall–Kier alpha value is -2.03. The molecule has 134 valence electrons. The minimum absolute atomic E-state index is 0.155. The number of aryl methyl sites for hydroxylation is 2. The molecular formula is C17H21N3O3S2. The van der Waals surface area contributed by atoms with Crippen LogP contribution < -0.4 is 5.43 Å². The van der Waals surface area contributed by atoms with Gasteiger partial charge in [-0.1, -0.05) is 17.7 Å². The number of nitrogens with one attached hydrogen (secondary N) is 1. The number of benzene rings is 1. The quantitative estimate of drug-likeness (QED) is 0.619. The molecule has 6 nitrogen and oxygen atoms in total. The number of thiophene rings is 1. The van der Waals surface area contributed by atoms with Gasteiger partial charge >= 0.3 is 0 Å². The summed E-state index contributed by atoms with van der Waals surface area (Å²) in [4.78, 5) is 14.3. The van der Waals surface area contributed by atoms with Crippen LogP contribution in [0.15, 0.2) is 46.4 Å². The summed E-state index contributed by atoms with van der Waals surface area (Å²) in [6.45, 7) is 5.35. The lowest BCUT2D eigenvalue weighted by Crippen LogP contribution is -2.36. The van der Waals surface area contributed by atoms with Crippen molar-refractivity contribution in [3.05, 3.63) is 51.7 Å². The number of rotatable bonds is 6. The van der Waals surface area contributed by atoms with Crippen molar-refractivity contribution in [2.45, 2.75) is 25.7 Å². The highest BCUT2D eigenvalue weighted by molar-refractivity contribution is 7.89. The molecule has 0 saturated carbocycles. The molecule has 2 rings (SSSR count). The van der Waals surface area contributed by atoms with E-state index in [0.29, 0.717) is 5.71 Å². The fraction of sp³-hybridized carbons (Fsp3) is 0.294. The molecule has 0 aliphatic heterocycles. The lowest BCUT2D eigenvalue weighted by atomic mass is 10.2. The van der Waals surface area contributed by atoms with E-state index in [0.717, 1.165) is 19.6 Å². The summed E-state index contributed by atoms with van der Waals surface area (Å²) in [5, 5.41) is 4.03. The second kappa shape index (κ2) is 7.90. The van der Waals surface area contributed by atoms with E-state index in [1.807, 2.05) is 26.0 Å². The van der Waals surface area contributed by atoms with Crippen molar-refractivity contribution >= 4 is 33.0 Å². The van der Waals surface area contributed by atoms with Crippen LogP contribution >= 0.6 is 11.3 Å². The summed E-state index contributed by atoms with van der Waals surface area (Å²) in [5.41, 5.74) is 4.05. The summed E-state index contributed by atoms with van der Waals surface area (Å²) >= 11 is 1.58. The zero-order valence-electron chi connectivity index (χ0n) is 14.6. The van der Waals surface area contributed by atoms with E-state index in [-0.39, 0.29) is 11.4 Å². The summed E-state index contributed by atoms with van der Waals surface area (Å²) in [6.07, 6.45) is 0. The lowest BCUT2D eigenvalue weighted by Gasteiger charge is -2.16. The van der Waals surface area contributed by atoms with Gasteiger partial charge in [0.2, 0.25) is 10.0 Å². The average molecular weight is 380 g/mol. The number of nitrogens with zero attached hydrogens (tertiary/aromatic N) is 2. The summed E-state index contributed by atoms with van der Waals surface area (Å²) < 4.78 is 25.9. The molecule has 25 heavy (non-hydrogen) atoms. The Morgan fingerprint density at radius 1 is 1.16 bits per heavy atom. The van der Waals surface area contributed by atoms with E-state index < -0.39 is 15.9 Å². The molecule has 2 aromatic rings. The highest BCUT2D eigenvalue weighted by Gasteiger charge is 2.22. The van der Waals surface area contributed by atoms with Gasteiger partial charge in [-0.2, -0.15) is 9.41 Å². The number of carbonyl (C=O) groups is 1. The zero-order chi connectivity index (χ0) is 18.6. The number of carbonyl (C=O) groups excluding carboxylic acids is 1. The minimum atomic E-state index is -3.71. The van der Waals surface area contributed by atoms with Gasteiger partial charge in [0.05, 0.1) is 22.0 Å². The maximum atomic E-state index is 12.5. The molecule has 0 radical (unpaired) electrons. The predicted molar refractivity (Wildman–Crippen MR) is 100 cm³/mol. The van der Waals surface area contributed by atoms with E-state index >= 15 is 0 Å². The molecule has 0 aliphatic rings. The van der Waals surface area contributed by atoms with Gasteiger partial charge < -0.3 is 0 Å². The van der Waals surface area contributed by atoms with E-state index in [1.54, 1.807) is 30.4 Å². The zero-order valence-corrected chi connectivity index (χ0v) is 16.2. The van der Waals surface area contributed by atoms with Crippen LogP contribution in [0.1, 0.15) is 22.2 Å². The Labute approximate surface area is 152 Å². The largest absolute Gasteiger partial charge is 0.272 e. The van der Waals surface area contributed by atoms with E-state index in [9.17, 15) is 13.2 Å². The summed E-state index contributed by atoms with van der Waals surface area (Å²) in [7, 11) is -2.34. The molecular weight excluding hydrogens is 358 g/mol. The number of likely N-dealkylation sites (N-methyl/N-ethyl adjacent to an activating group) is 1. The second-order valence-electron chi connectivity index (χ2n) is 5.72. The molecule has 0 spiro atoms.